The molecule has 3 aromatic rings. The lowest BCUT2D eigenvalue weighted by atomic mass is 10.4. The first-order chi connectivity index (χ1) is 13.1. The van der Waals surface area contributed by atoms with Gasteiger partial charge in [-0.3, -0.25) is 4.79 Å². The first-order valence-electron chi connectivity index (χ1n) is 9.41. The van der Waals surface area contributed by atoms with Crippen molar-refractivity contribution in [3.63, 3.8) is 0 Å². The Bertz CT molecular complexity index is 711. The van der Waals surface area contributed by atoms with Crippen molar-refractivity contribution >= 4 is 46.1 Å². The zero-order valence-electron chi connectivity index (χ0n) is 16.5. The molecule has 0 atom stereocenters. The van der Waals surface area contributed by atoms with Gasteiger partial charge in [0.2, 0.25) is 0 Å². The third-order valence-corrected chi connectivity index (χ3v) is 9.02. The van der Waals surface area contributed by atoms with Gasteiger partial charge in [-0.25, -0.2) is 0 Å². The third-order valence-electron chi connectivity index (χ3n) is 4.53. The van der Waals surface area contributed by atoms with E-state index in [9.17, 15) is 4.79 Å². The standard InChI is InChI=1S/C20H20P.C4H8O2.BrH/c1-2-21(18-12-6-3-7-13-18,19-14-8-4-9-15-19)20-16-10-5-11-17-20;1-2-3-4(5)6;/h3-17H,2H2,1H3;2-3H2,1H3,(H,5,6);1H/q+1;;. The summed E-state index contributed by atoms with van der Waals surface area (Å²) in [5.74, 6) is -0.711. The monoisotopic (exact) mass is 459 g/mol. The van der Waals surface area contributed by atoms with Crippen molar-refractivity contribution in [1.82, 2.24) is 0 Å². The van der Waals surface area contributed by atoms with Crippen LogP contribution in [0, 0.1) is 0 Å². The molecule has 0 saturated heterocycles. The molecule has 0 aliphatic carbocycles. The SMILES string of the molecule is Br.CCCC(=O)O.CC[P+](c1ccccc1)(c1ccccc1)c1ccccc1. The van der Waals surface area contributed by atoms with Crippen molar-refractivity contribution in [2.75, 3.05) is 6.16 Å². The number of hydrogen-bond donors (Lipinski definition) is 1. The number of hydrogen-bond acceptors (Lipinski definition) is 1. The number of rotatable bonds is 6. The second kappa shape index (κ2) is 12.5. The van der Waals surface area contributed by atoms with Crippen LogP contribution in [0.5, 0.6) is 0 Å². The van der Waals surface area contributed by atoms with E-state index in [1.165, 1.54) is 15.9 Å². The van der Waals surface area contributed by atoms with Crippen LogP contribution in [-0.2, 0) is 4.79 Å². The van der Waals surface area contributed by atoms with Crippen LogP contribution < -0.4 is 15.9 Å². The quantitative estimate of drug-likeness (QED) is 0.497. The second-order valence-electron chi connectivity index (χ2n) is 6.28. The summed E-state index contributed by atoms with van der Waals surface area (Å²) in [5, 5.41) is 12.3. The van der Waals surface area contributed by atoms with Crippen molar-refractivity contribution in [3.8, 4) is 0 Å². The van der Waals surface area contributed by atoms with Gasteiger partial charge in [0.1, 0.15) is 23.2 Å². The molecule has 0 saturated carbocycles. The highest BCUT2D eigenvalue weighted by molar-refractivity contribution is 8.93. The van der Waals surface area contributed by atoms with Crippen LogP contribution in [0.25, 0.3) is 0 Å². The molecule has 0 unspecified atom stereocenters. The van der Waals surface area contributed by atoms with E-state index < -0.39 is 13.2 Å². The summed E-state index contributed by atoms with van der Waals surface area (Å²) >= 11 is 0. The number of carbonyl (C=O) groups is 1. The molecular formula is C24H29BrO2P+. The maximum atomic E-state index is 9.60. The van der Waals surface area contributed by atoms with E-state index in [-0.39, 0.29) is 17.0 Å². The summed E-state index contributed by atoms with van der Waals surface area (Å²) in [7, 11) is -1.53. The van der Waals surface area contributed by atoms with Crippen molar-refractivity contribution < 1.29 is 9.90 Å². The first kappa shape index (κ1) is 24.1. The molecule has 0 aliphatic heterocycles. The number of carboxylic acids is 1. The zero-order valence-corrected chi connectivity index (χ0v) is 19.1. The Balaban J connectivity index is 0.000000492. The highest BCUT2D eigenvalue weighted by Gasteiger charge is 2.43. The molecule has 0 fully saturated rings. The van der Waals surface area contributed by atoms with Gasteiger partial charge >= 0.3 is 5.97 Å². The van der Waals surface area contributed by atoms with E-state index in [2.05, 4.69) is 97.9 Å². The summed E-state index contributed by atoms with van der Waals surface area (Å²) < 4.78 is 0. The van der Waals surface area contributed by atoms with E-state index in [1.807, 2.05) is 6.92 Å². The van der Waals surface area contributed by atoms with E-state index in [1.54, 1.807) is 0 Å². The highest BCUT2D eigenvalue weighted by Crippen LogP contribution is 2.54. The first-order valence-corrected chi connectivity index (χ1v) is 11.4. The minimum atomic E-state index is -1.53. The van der Waals surface area contributed by atoms with Crippen LogP contribution in [0.3, 0.4) is 0 Å². The third kappa shape index (κ3) is 6.02. The smallest absolute Gasteiger partial charge is 0.303 e. The van der Waals surface area contributed by atoms with Gasteiger partial charge in [0.05, 0.1) is 6.16 Å². The van der Waals surface area contributed by atoms with Crippen molar-refractivity contribution in [2.45, 2.75) is 26.7 Å². The number of carboxylic acid groups (broad SMARTS) is 1. The fourth-order valence-corrected chi connectivity index (χ4v) is 7.29. The van der Waals surface area contributed by atoms with E-state index >= 15 is 0 Å². The molecule has 1 N–H and O–H groups in total. The Morgan fingerprint density at radius 3 is 1.21 bits per heavy atom. The molecular weight excluding hydrogens is 431 g/mol. The number of benzene rings is 3. The highest BCUT2D eigenvalue weighted by atomic mass is 79.9. The van der Waals surface area contributed by atoms with Crippen LogP contribution >= 0.6 is 24.2 Å². The molecule has 0 amide bonds. The lowest BCUT2D eigenvalue weighted by Gasteiger charge is -2.26. The Hall–Kier alpha value is -1.96. The molecule has 0 spiro atoms. The Kier molecular flexibility index (Phi) is 10.7. The Morgan fingerprint density at radius 2 is 1.04 bits per heavy atom. The number of halogens is 1. The maximum absolute atomic E-state index is 9.60. The Labute approximate surface area is 179 Å². The molecule has 0 radical (unpaired) electrons. The van der Waals surface area contributed by atoms with Crippen LogP contribution in [0.4, 0.5) is 0 Å². The average Bonchev–Trinajstić information content (AvgIpc) is 2.72. The summed E-state index contributed by atoms with van der Waals surface area (Å²) in [4.78, 5) is 9.60. The van der Waals surface area contributed by atoms with E-state index in [0.29, 0.717) is 6.42 Å². The summed E-state index contributed by atoms with van der Waals surface area (Å²) in [6.07, 6.45) is 2.17. The van der Waals surface area contributed by atoms with Gasteiger partial charge in [0.15, 0.2) is 0 Å². The molecule has 3 aromatic carbocycles. The van der Waals surface area contributed by atoms with Gasteiger partial charge in [0.25, 0.3) is 0 Å². The van der Waals surface area contributed by atoms with Crippen molar-refractivity contribution in [3.05, 3.63) is 91.0 Å². The van der Waals surface area contributed by atoms with Gasteiger partial charge in [-0.15, -0.1) is 17.0 Å². The van der Waals surface area contributed by atoms with Crippen molar-refractivity contribution in [1.29, 1.82) is 0 Å². The lowest BCUT2D eigenvalue weighted by Crippen LogP contribution is -2.32. The molecule has 0 aromatic heterocycles. The normalized spacial score (nSPS) is 10.2. The second-order valence-corrected chi connectivity index (χ2v) is 10.1. The minimum absolute atomic E-state index is 0. The molecule has 0 bridgehead atoms. The van der Waals surface area contributed by atoms with Gasteiger partial charge < -0.3 is 5.11 Å². The maximum Gasteiger partial charge on any atom is 0.303 e. The Morgan fingerprint density at radius 1 is 0.714 bits per heavy atom. The lowest BCUT2D eigenvalue weighted by molar-refractivity contribution is -0.137. The molecule has 0 heterocycles. The topological polar surface area (TPSA) is 37.3 Å². The molecule has 148 valence electrons. The summed E-state index contributed by atoms with van der Waals surface area (Å²) in [6.45, 7) is 4.16. The largest absolute Gasteiger partial charge is 0.481 e. The van der Waals surface area contributed by atoms with Crippen LogP contribution in [-0.4, -0.2) is 17.2 Å². The molecule has 3 rings (SSSR count). The van der Waals surface area contributed by atoms with E-state index in [4.69, 9.17) is 5.11 Å². The van der Waals surface area contributed by atoms with Gasteiger partial charge in [-0.2, -0.15) is 0 Å². The molecule has 28 heavy (non-hydrogen) atoms. The molecule has 2 nitrogen and oxygen atoms in total. The van der Waals surface area contributed by atoms with Crippen molar-refractivity contribution in [2.24, 2.45) is 0 Å². The summed E-state index contributed by atoms with van der Waals surface area (Å²) in [6, 6.07) is 33.0. The van der Waals surface area contributed by atoms with Crippen LogP contribution in [0.2, 0.25) is 0 Å². The van der Waals surface area contributed by atoms with Gasteiger partial charge in [0, 0.05) is 6.42 Å². The van der Waals surface area contributed by atoms with Crippen LogP contribution in [0.15, 0.2) is 91.0 Å². The van der Waals surface area contributed by atoms with Gasteiger partial charge in [-0.1, -0.05) is 61.5 Å². The predicted octanol–water partition coefficient (Wildman–Crippen LogP) is 5.45. The summed E-state index contributed by atoms with van der Waals surface area (Å²) in [5.41, 5.74) is 0. The predicted molar refractivity (Wildman–Crippen MR) is 129 cm³/mol. The average molecular weight is 460 g/mol. The number of aliphatic carboxylic acids is 1. The molecule has 0 aliphatic rings. The fourth-order valence-electron chi connectivity index (χ4n) is 3.26. The van der Waals surface area contributed by atoms with Gasteiger partial charge in [-0.05, 0) is 49.7 Å². The fraction of sp³-hybridized carbons (Fsp3) is 0.208. The molecule has 4 heteroatoms. The zero-order chi connectivity index (χ0) is 19.5. The van der Waals surface area contributed by atoms with Crippen LogP contribution in [0.1, 0.15) is 26.7 Å². The van der Waals surface area contributed by atoms with E-state index in [0.717, 1.165) is 12.6 Å². The minimum Gasteiger partial charge on any atom is -0.481 e.